The second-order valence-corrected chi connectivity index (χ2v) is 5.53. The molecular formula is C15H32N2O. The van der Waals surface area contributed by atoms with Crippen LogP contribution in [0, 0.1) is 0 Å². The summed E-state index contributed by atoms with van der Waals surface area (Å²) in [5.74, 6) is 0. The lowest BCUT2D eigenvalue weighted by Crippen LogP contribution is -2.34. The number of nitrogens with zero attached hydrogens (tertiary/aromatic N) is 1. The van der Waals surface area contributed by atoms with Gasteiger partial charge in [-0.1, -0.05) is 13.8 Å². The van der Waals surface area contributed by atoms with Crippen molar-refractivity contribution < 1.29 is 4.74 Å². The van der Waals surface area contributed by atoms with Crippen molar-refractivity contribution in [3.05, 3.63) is 0 Å². The SMILES string of the molecule is CCCNC(C)CCCN(CC)CC1CCCO1. The summed E-state index contributed by atoms with van der Waals surface area (Å²) in [6, 6.07) is 0.659. The van der Waals surface area contributed by atoms with Crippen molar-refractivity contribution in [2.45, 2.75) is 65.0 Å². The Morgan fingerprint density at radius 2 is 2.22 bits per heavy atom. The molecule has 1 fully saturated rings. The highest BCUT2D eigenvalue weighted by atomic mass is 16.5. The van der Waals surface area contributed by atoms with Gasteiger partial charge in [-0.2, -0.15) is 0 Å². The monoisotopic (exact) mass is 256 g/mol. The first-order valence-electron chi connectivity index (χ1n) is 7.83. The third kappa shape index (κ3) is 6.72. The lowest BCUT2D eigenvalue weighted by Gasteiger charge is -2.24. The zero-order chi connectivity index (χ0) is 13.2. The fraction of sp³-hybridized carbons (Fsp3) is 1.00. The molecule has 3 heteroatoms. The van der Waals surface area contributed by atoms with E-state index in [1.54, 1.807) is 0 Å². The van der Waals surface area contributed by atoms with Crippen LogP contribution in [0.25, 0.3) is 0 Å². The van der Waals surface area contributed by atoms with E-state index in [0.29, 0.717) is 12.1 Å². The smallest absolute Gasteiger partial charge is 0.0702 e. The second kappa shape index (κ2) is 9.76. The van der Waals surface area contributed by atoms with Gasteiger partial charge in [0.1, 0.15) is 0 Å². The van der Waals surface area contributed by atoms with Crippen LogP contribution in [-0.4, -0.2) is 49.8 Å². The van der Waals surface area contributed by atoms with Crippen LogP contribution in [-0.2, 0) is 4.74 Å². The van der Waals surface area contributed by atoms with Crippen molar-refractivity contribution in [2.75, 3.05) is 32.8 Å². The van der Waals surface area contributed by atoms with Gasteiger partial charge in [-0.3, -0.25) is 0 Å². The molecule has 1 aliphatic heterocycles. The minimum absolute atomic E-state index is 0.501. The Morgan fingerprint density at radius 3 is 2.83 bits per heavy atom. The average Bonchev–Trinajstić information content (AvgIpc) is 2.88. The molecular weight excluding hydrogens is 224 g/mol. The molecule has 1 saturated heterocycles. The van der Waals surface area contributed by atoms with Gasteiger partial charge in [0.15, 0.2) is 0 Å². The Morgan fingerprint density at radius 1 is 1.39 bits per heavy atom. The van der Waals surface area contributed by atoms with E-state index in [4.69, 9.17) is 4.74 Å². The summed E-state index contributed by atoms with van der Waals surface area (Å²) in [7, 11) is 0. The molecule has 1 aliphatic rings. The molecule has 0 aromatic carbocycles. The number of hydrogen-bond acceptors (Lipinski definition) is 3. The number of rotatable bonds is 10. The lowest BCUT2D eigenvalue weighted by atomic mass is 10.1. The van der Waals surface area contributed by atoms with Gasteiger partial charge in [0, 0.05) is 19.2 Å². The van der Waals surface area contributed by atoms with Gasteiger partial charge in [-0.05, 0) is 58.7 Å². The van der Waals surface area contributed by atoms with Crippen molar-refractivity contribution in [2.24, 2.45) is 0 Å². The summed E-state index contributed by atoms with van der Waals surface area (Å²) in [4.78, 5) is 2.54. The summed E-state index contributed by atoms with van der Waals surface area (Å²) in [6.07, 6.45) is 6.80. The molecule has 0 aromatic heterocycles. The molecule has 108 valence electrons. The van der Waals surface area contributed by atoms with Gasteiger partial charge in [-0.25, -0.2) is 0 Å². The zero-order valence-electron chi connectivity index (χ0n) is 12.6. The molecule has 2 unspecified atom stereocenters. The highest BCUT2D eigenvalue weighted by Crippen LogP contribution is 2.13. The molecule has 0 saturated carbocycles. The molecule has 0 aromatic rings. The molecule has 3 nitrogen and oxygen atoms in total. The Kier molecular flexibility index (Phi) is 8.64. The molecule has 0 spiro atoms. The zero-order valence-corrected chi connectivity index (χ0v) is 12.6. The van der Waals surface area contributed by atoms with Crippen molar-refractivity contribution in [3.8, 4) is 0 Å². The van der Waals surface area contributed by atoms with Crippen LogP contribution in [0.4, 0.5) is 0 Å². The van der Waals surface area contributed by atoms with Crippen LogP contribution in [0.15, 0.2) is 0 Å². The van der Waals surface area contributed by atoms with Crippen LogP contribution in [0.5, 0.6) is 0 Å². The normalized spacial score (nSPS) is 21.7. The Hall–Kier alpha value is -0.120. The maximum atomic E-state index is 5.71. The minimum Gasteiger partial charge on any atom is -0.377 e. The van der Waals surface area contributed by atoms with Gasteiger partial charge in [0.05, 0.1) is 6.10 Å². The quantitative estimate of drug-likeness (QED) is 0.650. The van der Waals surface area contributed by atoms with E-state index in [9.17, 15) is 0 Å². The van der Waals surface area contributed by atoms with Crippen molar-refractivity contribution >= 4 is 0 Å². The van der Waals surface area contributed by atoms with Crippen LogP contribution in [0.3, 0.4) is 0 Å². The van der Waals surface area contributed by atoms with E-state index < -0.39 is 0 Å². The summed E-state index contributed by atoms with van der Waals surface area (Å²) >= 11 is 0. The largest absolute Gasteiger partial charge is 0.377 e. The molecule has 0 aliphatic carbocycles. The summed E-state index contributed by atoms with van der Waals surface area (Å²) in [5.41, 5.74) is 0. The maximum absolute atomic E-state index is 5.71. The van der Waals surface area contributed by atoms with E-state index in [0.717, 1.165) is 26.2 Å². The predicted octanol–water partition coefficient (Wildman–Crippen LogP) is 2.66. The Bertz CT molecular complexity index is 193. The van der Waals surface area contributed by atoms with Gasteiger partial charge >= 0.3 is 0 Å². The standard InChI is InChI=1S/C15H32N2O/c1-4-10-16-14(3)8-6-11-17(5-2)13-15-9-7-12-18-15/h14-16H,4-13H2,1-3H3. The third-order valence-corrected chi connectivity index (χ3v) is 3.79. The Balaban J connectivity index is 2.07. The number of nitrogens with one attached hydrogen (secondary N) is 1. The lowest BCUT2D eigenvalue weighted by molar-refractivity contribution is 0.0741. The maximum Gasteiger partial charge on any atom is 0.0702 e. The van der Waals surface area contributed by atoms with Crippen LogP contribution < -0.4 is 5.32 Å². The first-order valence-corrected chi connectivity index (χ1v) is 7.83. The molecule has 1 N–H and O–H groups in total. The van der Waals surface area contributed by atoms with Gasteiger partial charge in [0.25, 0.3) is 0 Å². The van der Waals surface area contributed by atoms with E-state index >= 15 is 0 Å². The van der Waals surface area contributed by atoms with Crippen LogP contribution in [0.1, 0.15) is 52.9 Å². The summed E-state index contributed by atoms with van der Waals surface area (Å²) in [6.45, 7) is 12.4. The first-order chi connectivity index (χ1) is 8.76. The molecule has 1 heterocycles. The fourth-order valence-electron chi connectivity index (χ4n) is 2.57. The fourth-order valence-corrected chi connectivity index (χ4v) is 2.57. The molecule has 18 heavy (non-hydrogen) atoms. The Labute approximate surface area is 113 Å². The third-order valence-electron chi connectivity index (χ3n) is 3.79. The van der Waals surface area contributed by atoms with E-state index in [1.165, 1.54) is 38.6 Å². The van der Waals surface area contributed by atoms with E-state index in [1.807, 2.05) is 0 Å². The molecule has 2 atom stereocenters. The minimum atomic E-state index is 0.501. The van der Waals surface area contributed by atoms with Crippen LogP contribution >= 0.6 is 0 Å². The van der Waals surface area contributed by atoms with Crippen molar-refractivity contribution in [1.29, 1.82) is 0 Å². The predicted molar refractivity (Wildman–Crippen MR) is 78.1 cm³/mol. The molecule has 1 rings (SSSR count). The number of likely N-dealkylation sites (N-methyl/N-ethyl adjacent to an activating group) is 1. The second-order valence-electron chi connectivity index (χ2n) is 5.53. The topological polar surface area (TPSA) is 24.5 Å². The van der Waals surface area contributed by atoms with Crippen LogP contribution in [0.2, 0.25) is 0 Å². The molecule has 0 radical (unpaired) electrons. The van der Waals surface area contributed by atoms with Gasteiger partial charge < -0.3 is 15.0 Å². The van der Waals surface area contributed by atoms with Crippen molar-refractivity contribution in [3.63, 3.8) is 0 Å². The highest BCUT2D eigenvalue weighted by molar-refractivity contribution is 4.70. The molecule has 0 amide bonds. The first kappa shape index (κ1) is 15.9. The van der Waals surface area contributed by atoms with E-state index in [2.05, 4.69) is 31.0 Å². The summed E-state index contributed by atoms with van der Waals surface area (Å²) < 4.78 is 5.71. The molecule has 0 bridgehead atoms. The van der Waals surface area contributed by atoms with Gasteiger partial charge in [0.2, 0.25) is 0 Å². The number of hydrogen-bond donors (Lipinski definition) is 1. The summed E-state index contributed by atoms with van der Waals surface area (Å²) in [5, 5.41) is 3.55. The highest BCUT2D eigenvalue weighted by Gasteiger charge is 2.18. The van der Waals surface area contributed by atoms with E-state index in [-0.39, 0.29) is 0 Å². The van der Waals surface area contributed by atoms with Crippen molar-refractivity contribution in [1.82, 2.24) is 10.2 Å². The number of ether oxygens (including phenoxy) is 1. The van der Waals surface area contributed by atoms with Gasteiger partial charge in [-0.15, -0.1) is 0 Å². The average molecular weight is 256 g/mol.